The lowest BCUT2D eigenvalue weighted by atomic mass is 10.1. The van der Waals surface area contributed by atoms with Crippen LogP contribution in [-0.4, -0.2) is 52.6 Å². The number of fused-ring (bicyclic) bond motifs is 3. The summed E-state index contributed by atoms with van der Waals surface area (Å²) in [5, 5.41) is 2.99. The molecule has 2 aliphatic rings. The Hall–Kier alpha value is -3.81. The first kappa shape index (κ1) is 21.1. The van der Waals surface area contributed by atoms with Crippen LogP contribution in [-0.2, 0) is 4.79 Å². The normalized spacial score (nSPS) is 17.9. The van der Waals surface area contributed by atoms with Crippen LogP contribution >= 0.6 is 0 Å². The van der Waals surface area contributed by atoms with Crippen LogP contribution < -0.4 is 14.8 Å². The molecule has 0 unspecified atom stereocenters. The van der Waals surface area contributed by atoms with Gasteiger partial charge in [-0.15, -0.1) is 0 Å². The zero-order valence-electron chi connectivity index (χ0n) is 18.3. The summed E-state index contributed by atoms with van der Waals surface area (Å²) in [4.78, 5) is 32.0. The van der Waals surface area contributed by atoms with Crippen molar-refractivity contribution in [2.24, 2.45) is 0 Å². The largest absolute Gasteiger partial charge is 0.486 e. The van der Waals surface area contributed by atoms with Crippen molar-refractivity contribution in [3.05, 3.63) is 60.7 Å². The summed E-state index contributed by atoms with van der Waals surface area (Å²) >= 11 is 0. The van der Waals surface area contributed by atoms with Crippen molar-refractivity contribution in [1.82, 2.24) is 14.5 Å². The Morgan fingerprint density at radius 2 is 1.91 bits per heavy atom. The monoisotopic (exact) mass is 446 g/mol. The van der Waals surface area contributed by atoms with E-state index in [1.807, 2.05) is 39.8 Å². The molecule has 1 fully saturated rings. The molecule has 8 heteroatoms. The molecule has 0 aliphatic carbocycles. The minimum atomic E-state index is -0.245. The minimum absolute atomic E-state index is 0.0931. The number of carbonyl (C=O) groups is 2. The minimum Gasteiger partial charge on any atom is -0.486 e. The SMILES string of the molecule is C=CC(=O)N1CCCC[C@@H](n2c(NC(=O)c3ccccc3)nc3ccc4c(c32)OCCO4)C1. The van der Waals surface area contributed by atoms with Crippen LogP contribution in [0, 0.1) is 0 Å². The van der Waals surface area contributed by atoms with Crippen LogP contribution in [0.3, 0.4) is 0 Å². The topological polar surface area (TPSA) is 85.7 Å². The molecule has 0 radical (unpaired) electrons. The van der Waals surface area contributed by atoms with E-state index in [2.05, 4.69) is 11.9 Å². The highest BCUT2D eigenvalue weighted by molar-refractivity contribution is 6.04. The van der Waals surface area contributed by atoms with E-state index in [0.717, 1.165) is 24.8 Å². The fourth-order valence-corrected chi connectivity index (χ4v) is 4.55. The molecule has 1 atom stereocenters. The van der Waals surface area contributed by atoms with Gasteiger partial charge >= 0.3 is 0 Å². The molecule has 2 aromatic carbocycles. The van der Waals surface area contributed by atoms with Crippen molar-refractivity contribution >= 4 is 28.8 Å². The van der Waals surface area contributed by atoms with Crippen LogP contribution in [0.4, 0.5) is 5.95 Å². The first-order valence-electron chi connectivity index (χ1n) is 11.2. The number of hydrogen-bond acceptors (Lipinski definition) is 5. The molecule has 0 saturated carbocycles. The van der Waals surface area contributed by atoms with Crippen LogP contribution in [0.5, 0.6) is 11.5 Å². The van der Waals surface area contributed by atoms with Crippen molar-refractivity contribution < 1.29 is 19.1 Å². The maximum Gasteiger partial charge on any atom is 0.257 e. The molecular formula is C25H26N4O4. The van der Waals surface area contributed by atoms with E-state index in [4.69, 9.17) is 14.5 Å². The number of likely N-dealkylation sites (tertiary alicyclic amines) is 1. The molecular weight excluding hydrogens is 420 g/mol. The number of imidazole rings is 1. The number of anilines is 1. The number of hydrogen-bond donors (Lipinski definition) is 1. The molecule has 5 rings (SSSR count). The summed E-state index contributed by atoms with van der Waals surface area (Å²) in [6.45, 7) is 5.74. The van der Waals surface area contributed by atoms with Gasteiger partial charge in [0.25, 0.3) is 5.91 Å². The van der Waals surface area contributed by atoms with Gasteiger partial charge in [0.2, 0.25) is 11.9 Å². The summed E-state index contributed by atoms with van der Waals surface area (Å²) in [5.41, 5.74) is 2.02. The van der Waals surface area contributed by atoms with Gasteiger partial charge in [0.1, 0.15) is 18.7 Å². The van der Waals surface area contributed by atoms with Crippen molar-refractivity contribution in [3.8, 4) is 11.5 Å². The van der Waals surface area contributed by atoms with Crippen LogP contribution in [0.25, 0.3) is 11.0 Å². The lowest BCUT2D eigenvalue weighted by Crippen LogP contribution is -2.34. The maximum absolute atomic E-state index is 13.0. The van der Waals surface area contributed by atoms with E-state index < -0.39 is 0 Å². The lowest BCUT2D eigenvalue weighted by Gasteiger charge is -2.27. The average molecular weight is 447 g/mol. The Labute approximate surface area is 191 Å². The number of nitrogens with zero attached hydrogens (tertiary/aromatic N) is 3. The highest BCUT2D eigenvalue weighted by Crippen LogP contribution is 2.41. The Morgan fingerprint density at radius 1 is 1.09 bits per heavy atom. The lowest BCUT2D eigenvalue weighted by molar-refractivity contribution is -0.126. The predicted molar refractivity (Wildman–Crippen MR) is 125 cm³/mol. The summed E-state index contributed by atoms with van der Waals surface area (Å²) < 4.78 is 13.8. The molecule has 2 amide bonds. The third-order valence-electron chi connectivity index (χ3n) is 6.12. The first-order chi connectivity index (χ1) is 16.2. The summed E-state index contributed by atoms with van der Waals surface area (Å²) in [5.74, 6) is 1.37. The second-order valence-corrected chi connectivity index (χ2v) is 8.22. The molecule has 3 heterocycles. The molecule has 1 N–H and O–H groups in total. The van der Waals surface area contributed by atoms with Gasteiger partial charge in [0, 0.05) is 18.7 Å². The van der Waals surface area contributed by atoms with Crippen molar-refractivity contribution in [3.63, 3.8) is 0 Å². The van der Waals surface area contributed by atoms with Crippen molar-refractivity contribution in [2.75, 3.05) is 31.6 Å². The van der Waals surface area contributed by atoms with Gasteiger partial charge < -0.3 is 18.9 Å². The second kappa shape index (κ2) is 8.97. The fraction of sp³-hybridized carbons (Fsp3) is 0.320. The van der Waals surface area contributed by atoms with Gasteiger partial charge in [0.05, 0.1) is 11.6 Å². The maximum atomic E-state index is 13.0. The average Bonchev–Trinajstić information content (AvgIpc) is 3.05. The number of benzene rings is 2. The standard InChI is InChI=1S/C25H26N4O4/c1-2-21(30)28-13-7-6-10-18(16-28)29-22-19(11-12-20-23(22)33-15-14-32-20)26-25(29)27-24(31)17-8-4-3-5-9-17/h2-5,8-9,11-12,18H,1,6-7,10,13-16H2,(H,26,27,31)/t18-/m1/s1. The molecule has 1 saturated heterocycles. The van der Waals surface area contributed by atoms with E-state index in [-0.39, 0.29) is 17.9 Å². The molecule has 3 aromatic rings. The van der Waals surface area contributed by atoms with E-state index in [9.17, 15) is 9.59 Å². The van der Waals surface area contributed by atoms with E-state index in [1.165, 1.54) is 6.08 Å². The van der Waals surface area contributed by atoms with Gasteiger partial charge in [-0.05, 0) is 49.6 Å². The van der Waals surface area contributed by atoms with Crippen molar-refractivity contribution in [1.29, 1.82) is 0 Å². The predicted octanol–water partition coefficient (Wildman–Crippen LogP) is 3.80. The molecule has 170 valence electrons. The van der Waals surface area contributed by atoms with Gasteiger partial charge in [-0.25, -0.2) is 4.98 Å². The molecule has 33 heavy (non-hydrogen) atoms. The Morgan fingerprint density at radius 3 is 2.73 bits per heavy atom. The number of carbonyl (C=O) groups excluding carboxylic acids is 2. The first-order valence-corrected chi connectivity index (χ1v) is 11.2. The highest BCUT2D eigenvalue weighted by Gasteiger charge is 2.29. The number of ether oxygens (including phenoxy) is 2. The van der Waals surface area contributed by atoms with Gasteiger partial charge in [-0.2, -0.15) is 0 Å². The molecule has 8 nitrogen and oxygen atoms in total. The van der Waals surface area contributed by atoms with Gasteiger partial charge in [-0.1, -0.05) is 24.8 Å². The van der Waals surface area contributed by atoms with Gasteiger partial charge in [-0.3, -0.25) is 14.9 Å². The third-order valence-corrected chi connectivity index (χ3v) is 6.12. The van der Waals surface area contributed by atoms with Crippen LogP contribution in [0.15, 0.2) is 55.1 Å². The Balaban J connectivity index is 1.62. The van der Waals surface area contributed by atoms with Gasteiger partial charge in [0.15, 0.2) is 11.5 Å². The summed E-state index contributed by atoms with van der Waals surface area (Å²) in [6, 6.07) is 12.7. The zero-order valence-corrected chi connectivity index (χ0v) is 18.3. The Bertz CT molecular complexity index is 1200. The highest BCUT2D eigenvalue weighted by atomic mass is 16.6. The number of nitrogens with one attached hydrogen (secondary N) is 1. The zero-order chi connectivity index (χ0) is 22.8. The molecule has 0 bridgehead atoms. The number of rotatable bonds is 4. The van der Waals surface area contributed by atoms with E-state index in [1.54, 1.807) is 12.1 Å². The van der Waals surface area contributed by atoms with E-state index in [0.29, 0.717) is 54.8 Å². The smallest absolute Gasteiger partial charge is 0.257 e. The van der Waals surface area contributed by atoms with Crippen LogP contribution in [0.2, 0.25) is 0 Å². The number of aromatic nitrogens is 2. The molecule has 2 aliphatic heterocycles. The summed E-state index contributed by atoms with van der Waals surface area (Å²) in [6.07, 6.45) is 4.05. The Kier molecular flexibility index (Phi) is 5.73. The second-order valence-electron chi connectivity index (χ2n) is 8.22. The molecule has 0 spiro atoms. The summed E-state index contributed by atoms with van der Waals surface area (Å²) in [7, 11) is 0. The fourth-order valence-electron chi connectivity index (χ4n) is 4.55. The molecule has 1 aromatic heterocycles. The van der Waals surface area contributed by atoms with Crippen molar-refractivity contribution in [2.45, 2.75) is 25.3 Å². The number of amides is 2. The van der Waals surface area contributed by atoms with Crippen LogP contribution in [0.1, 0.15) is 35.7 Å². The quantitative estimate of drug-likeness (QED) is 0.616. The third kappa shape index (κ3) is 4.04. The van der Waals surface area contributed by atoms with E-state index >= 15 is 0 Å².